The van der Waals surface area contributed by atoms with Gasteiger partial charge < -0.3 is 0 Å². The van der Waals surface area contributed by atoms with Crippen LogP contribution < -0.4 is 0 Å². The van der Waals surface area contributed by atoms with Crippen LogP contribution in [0.4, 0.5) is 0 Å². The molecule has 22 heavy (non-hydrogen) atoms. The van der Waals surface area contributed by atoms with E-state index in [-0.39, 0.29) is 0 Å². The molecule has 0 aliphatic heterocycles. The molecule has 0 spiro atoms. The maximum Gasteiger partial charge on any atom is -0.0105 e. The van der Waals surface area contributed by atoms with Gasteiger partial charge in [-0.25, -0.2) is 0 Å². The van der Waals surface area contributed by atoms with Gasteiger partial charge in [0.2, 0.25) is 0 Å². The molecule has 0 N–H and O–H groups in total. The maximum absolute atomic E-state index is 3.21. The average Bonchev–Trinajstić information content (AvgIpc) is 2.61. The fourth-order valence-corrected chi connectivity index (χ4v) is 2.26. The van der Waals surface area contributed by atoms with E-state index in [1.807, 2.05) is 24.3 Å². The second-order valence-corrected chi connectivity index (χ2v) is 5.02. The van der Waals surface area contributed by atoms with Crippen molar-refractivity contribution in [2.24, 2.45) is 0 Å². The molecule has 3 rings (SSSR count). The van der Waals surface area contributed by atoms with Crippen molar-refractivity contribution < 1.29 is 0 Å². The number of rotatable bonds is 4. The topological polar surface area (TPSA) is 0 Å². The first kappa shape index (κ1) is 14.1. The minimum Gasteiger partial charge on any atom is -0.0622 e. The van der Waals surface area contributed by atoms with Crippen LogP contribution in [0.1, 0.15) is 22.3 Å². The molecule has 1 radical (unpaired) electrons. The summed E-state index contributed by atoms with van der Waals surface area (Å²) in [6, 6.07) is 29.9. The van der Waals surface area contributed by atoms with E-state index in [0.717, 1.165) is 5.56 Å². The first-order valence-electron chi connectivity index (χ1n) is 7.39. The molecule has 0 fully saturated rings. The van der Waals surface area contributed by atoms with E-state index in [2.05, 4.69) is 85.0 Å². The molecule has 0 unspecified atom stereocenters. The van der Waals surface area contributed by atoms with Crippen molar-refractivity contribution in [3.05, 3.63) is 107 Å². The zero-order chi connectivity index (χ0) is 15.0. The Hall–Kier alpha value is -2.86. The molecular weight excluding hydrogens is 264 g/mol. The van der Waals surface area contributed by atoms with Crippen molar-refractivity contribution in [3.63, 3.8) is 0 Å². The van der Waals surface area contributed by atoms with Crippen LogP contribution in [0.3, 0.4) is 0 Å². The lowest BCUT2D eigenvalue weighted by Gasteiger charge is -2.01. The van der Waals surface area contributed by atoms with Crippen LogP contribution in [0, 0.1) is 6.07 Å². The van der Waals surface area contributed by atoms with Crippen LogP contribution in [0.5, 0.6) is 0 Å². The molecule has 0 aliphatic rings. The third-order valence-electron chi connectivity index (χ3n) is 3.43. The fraction of sp³-hybridized carbons (Fsp3) is 0. The monoisotopic (exact) mass is 281 g/mol. The summed E-state index contributed by atoms with van der Waals surface area (Å²) in [7, 11) is 0. The first-order chi connectivity index (χ1) is 10.9. The highest BCUT2D eigenvalue weighted by Gasteiger charge is 1.95. The predicted molar refractivity (Wildman–Crippen MR) is 96.0 cm³/mol. The zero-order valence-corrected chi connectivity index (χ0v) is 12.3. The summed E-state index contributed by atoms with van der Waals surface area (Å²) in [5.74, 6) is 0. The van der Waals surface area contributed by atoms with Crippen molar-refractivity contribution in [1.82, 2.24) is 0 Å². The van der Waals surface area contributed by atoms with E-state index in [9.17, 15) is 0 Å². The van der Waals surface area contributed by atoms with Gasteiger partial charge >= 0.3 is 0 Å². The zero-order valence-electron chi connectivity index (χ0n) is 12.3. The van der Waals surface area contributed by atoms with Gasteiger partial charge in [0, 0.05) is 0 Å². The molecule has 0 amide bonds. The van der Waals surface area contributed by atoms with E-state index in [1.54, 1.807) is 0 Å². The highest BCUT2D eigenvalue weighted by atomic mass is 14.0. The molecule has 0 heteroatoms. The Morgan fingerprint density at radius 3 is 1.86 bits per heavy atom. The van der Waals surface area contributed by atoms with Gasteiger partial charge in [0.1, 0.15) is 0 Å². The third-order valence-corrected chi connectivity index (χ3v) is 3.43. The summed E-state index contributed by atoms with van der Waals surface area (Å²) in [5, 5.41) is 0. The van der Waals surface area contributed by atoms with Crippen molar-refractivity contribution in [2.45, 2.75) is 0 Å². The molecule has 0 saturated heterocycles. The third kappa shape index (κ3) is 3.83. The highest BCUT2D eigenvalue weighted by Crippen LogP contribution is 2.16. The average molecular weight is 281 g/mol. The summed E-state index contributed by atoms with van der Waals surface area (Å²) in [5.41, 5.74) is 4.70. The van der Waals surface area contributed by atoms with E-state index in [1.165, 1.54) is 16.7 Å². The van der Waals surface area contributed by atoms with Crippen molar-refractivity contribution in [1.29, 1.82) is 0 Å². The Morgan fingerprint density at radius 1 is 0.545 bits per heavy atom. The van der Waals surface area contributed by atoms with Gasteiger partial charge in [-0.1, -0.05) is 103 Å². The molecule has 0 saturated carbocycles. The van der Waals surface area contributed by atoms with Crippen molar-refractivity contribution in [2.75, 3.05) is 0 Å². The molecular formula is C22H17. The van der Waals surface area contributed by atoms with Crippen LogP contribution in [-0.4, -0.2) is 0 Å². The molecule has 0 heterocycles. The van der Waals surface area contributed by atoms with E-state index < -0.39 is 0 Å². The minimum atomic E-state index is 1.09. The summed E-state index contributed by atoms with van der Waals surface area (Å²) < 4.78 is 0. The van der Waals surface area contributed by atoms with Crippen LogP contribution in [-0.2, 0) is 0 Å². The summed E-state index contributed by atoms with van der Waals surface area (Å²) in [4.78, 5) is 0. The molecule has 0 nitrogen and oxygen atoms in total. The molecule has 0 atom stereocenters. The second-order valence-electron chi connectivity index (χ2n) is 5.02. The molecule has 3 aromatic carbocycles. The van der Waals surface area contributed by atoms with Crippen LogP contribution in [0.15, 0.2) is 78.9 Å². The molecule has 105 valence electrons. The largest absolute Gasteiger partial charge is 0.0622 e. The summed E-state index contributed by atoms with van der Waals surface area (Å²) in [6.45, 7) is 0. The van der Waals surface area contributed by atoms with E-state index in [4.69, 9.17) is 0 Å². The SMILES string of the molecule is [c]1ccccc1/C=C\c1ccccc1/C=C/c1ccccc1. The van der Waals surface area contributed by atoms with E-state index in [0.29, 0.717) is 0 Å². The Morgan fingerprint density at radius 2 is 1.18 bits per heavy atom. The number of hydrogen-bond donors (Lipinski definition) is 0. The fourth-order valence-electron chi connectivity index (χ4n) is 2.26. The molecule has 0 aliphatic carbocycles. The van der Waals surface area contributed by atoms with Crippen LogP contribution in [0.2, 0.25) is 0 Å². The number of hydrogen-bond acceptors (Lipinski definition) is 0. The normalized spacial score (nSPS) is 11.3. The smallest absolute Gasteiger partial charge is 0.0105 e. The lowest BCUT2D eigenvalue weighted by molar-refractivity contribution is 1.60. The minimum absolute atomic E-state index is 1.09. The van der Waals surface area contributed by atoms with Crippen LogP contribution in [0.25, 0.3) is 24.3 Å². The first-order valence-corrected chi connectivity index (χ1v) is 7.39. The predicted octanol–water partition coefficient (Wildman–Crippen LogP) is 5.83. The standard InChI is InChI=1S/C22H17/c1-3-9-19(10-4-1)15-17-21-13-7-8-14-22(21)18-16-20-11-5-2-6-12-20/h1-11,13-18H/b17-15+,18-16-. The van der Waals surface area contributed by atoms with Gasteiger partial charge in [0.25, 0.3) is 0 Å². The van der Waals surface area contributed by atoms with Crippen LogP contribution >= 0.6 is 0 Å². The van der Waals surface area contributed by atoms with Gasteiger partial charge in [0.05, 0.1) is 0 Å². The molecule has 0 bridgehead atoms. The molecule has 0 aromatic heterocycles. The van der Waals surface area contributed by atoms with Crippen molar-refractivity contribution >= 4 is 24.3 Å². The maximum atomic E-state index is 3.21. The molecule has 3 aromatic rings. The second kappa shape index (κ2) is 7.24. The Kier molecular flexibility index (Phi) is 4.63. The van der Waals surface area contributed by atoms with Gasteiger partial charge in [-0.2, -0.15) is 0 Å². The summed E-state index contributed by atoms with van der Waals surface area (Å²) >= 11 is 0. The quantitative estimate of drug-likeness (QED) is 0.528. The highest BCUT2D eigenvalue weighted by molar-refractivity contribution is 5.79. The van der Waals surface area contributed by atoms with Gasteiger partial charge in [-0.05, 0) is 28.3 Å². The van der Waals surface area contributed by atoms with Gasteiger partial charge in [-0.15, -0.1) is 0 Å². The van der Waals surface area contributed by atoms with Crippen molar-refractivity contribution in [3.8, 4) is 0 Å². The lowest BCUT2D eigenvalue weighted by Crippen LogP contribution is -1.80. The lowest BCUT2D eigenvalue weighted by atomic mass is 10.0. The van der Waals surface area contributed by atoms with E-state index >= 15 is 0 Å². The van der Waals surface area contributed by atoms with Gasteiger partial charge in [0.15, 0.2) is 0 Å². The Balaban J connectivity index is 1.84. The number of benzene rings is 3. The summed E-state index contributed by atoms with van der Waals surface area (Å²) in [6.07, 6.45) is 8.52. The Labute approximate surface area is 132 Å². The van der Waals surface area contributed by atoms with Gasteiger partial charge in [-0.3, -0.25) is 0 Å². The Bertz CT molecular complexity index is 697.